The van der Waals surface area contributed by atoms with Gasteiger partial charge in [-0.15, -0.1) is 0 Å². The molecule has 0 aliphatic heterocycles. The first-order valence-electron chi connectivity index (χ1n) is 11.5. The van der Waals surface area contributed by atoms with Crippen LogP contribution in [0.2, 0.25) is 0 Å². The van der Waals surface area contributed by atoms with E-state index in [0.717, 1.165) is 24.4 Å². The van der Waals surface area contributed by atoms with Gasteiger partial charge in [-0.1, -0.05) is 25.5 Å². The number of carbonyl (C=O) groups excluding carboxylic acids is 1. The number of alkyl halides is 3. The third kappa shape index (κ3) is 7.56. The quantitative estimate of drug-likeness (QED) is 0.349. The van der Waals surface area contributed by atoms with E-state index in [0.29, 0.717) is 34.5 Å². The molecule has 1 aromatic heterocycles. The molecule has 2 N–H and O–H groups in total. The highest BCUT2D eigenvalue weighted by Crippen LogP contribution is 2.33. The Bertz CT molecular complexity index is 1330. The highest BCUT2D eigenvalue weighted by molar-refractivity contribution is 7.85. The van der Waals surface area contributed by atoms with Crippen LogP contribution in [0.15, 0.2) is 48.8 Å². The van der Waals surface area contributed by atoms with Crippen molar-refractivity contribution < 1.29 is 35.7 Å². The van der Waals surface area contributed by atoms with Gasteiger partial charge in [0, 0.05) is 18.3 Å². The molecule has 37 heavy (non-hydrogen) atoms. The van der Waals surface area contributed by atoms with E-state index in [4.69, 9.17) is 9.29 Å². The van der Waals surface area contributed by atoms with Crippen LogP contribution in [-0.2, 0) is 16.3 Å². The number of aromatic nitrogens is 2. The van der Waals surface area contributed by atoms with Crippen LogP contribution < -0.4 is 10.1 Å². The Hall–Kier alpha value is -3.38. The van der Waals surface area contributed by atoms with Gasteiger partial charge >= 0.3 is 6.18 Å². The highest BCUT2D eigenvalue weighted by atomic mass is 32.2. The van der Waals surface area contributed by atoms with Gasteiger partial charge in [-0.25, -0.2) is 4.68 Å². The summed E-state index contributed by atoms with van der Waals surface area (Å²) in [6, 6.07) is 10.2. The number of nitrogens with zero attached hydrogens (tertiary/aromatic N) is 2. The molecule has 0 saturated carbocycles. The molecule has 200 valence electrons. The topological polar surface area (TPSA) is 111 Å². The number of hydrogen-bond acceptors (Lipinski definition) is 5. The lowest BCUT2D eigenvalue weighted by atomic mass is 10.0. The summed E-state index contributed by atoms with van der Waals surface area (Å²) in [5.74, 6) is -0.505. The molecule has 8 nitrogen and oxygen atoms in total. The van der Waals surface area contributed by atoms with Gasteiger partial charge in [-0.3, -0.25) is 9.35 Å². The minimum atomic E-state index is -4.48. The van der Waals surface area contributed by atoms with Gasteiger partial charge in [-0.05, 0) is 61.2 Å². The van der Waals surface area contributed by atoms with E-state index in [2.05, 4.69) is 10.4 Å². The number of rotatable bonds is 10. The zero-order valence-electron chi connectivity index (χ0n) is 20.5. The highest BCUT2D eigenvalue weighted by Gasteiger charge is 2.32. The van der Waals surface area contributed by atoms with E-state index >= 15 is 0 Å². The van der Waals surface area contributed by atoms with Gasteiger partial charge in [0.25, 0.3) is 16.0 Å². The summed E-state index contributed by atoms with van der Waals surface area (Å²) < 4.78 is 76.8. The SMILES string of the molecule is CCC[C@H](Oc1cc(C)c(-n2cc(C(F)(F)F)cn2)c(C)c1)c1ccc(C(=O)NCCS(=O)(=O)O)cc1. The van der Waals surface area contributed by atoms with Gasteiger partial charge in [0.05, 0.1) is 23.2 Å². The van der Waals surface area contributed by atoms with Gasteiger partial charge in [0.2, 0.25) is 0 Å². The maximum atomic E-state index is 13.0. The van der Waals surface area contributed by atoms with Crippen molar-refractivity contribution in [3.8, 4) is 11.4 Å². The molecule has 0 aliphatic carbocycles. The number of halogens is 3. The first-order valence-corrected chi connectivity index (χ1v) is 13.1. The number of benzene rings is 2. The second-order valence-electron chi connectivity index (χ2n) is 8.64. The lowest BCUT2D eigenvalue weighted by molar-refractivity contribution is -0.137. The Kier molecular flexibility index (Phi) is 8.64. The van der Waals surface area contributed by atoms with Crippen molar-refractivity contribution in [2.45, 2.75) is 45.9 Å². The number of carbonyl (C=O) groups is 1. The average molecular weight is 540 g/mol. The second kappa shape index (κ2) is 11.3. The molecule has 12 heteroatoms. The summed E-state index contributed by atoms with van der Waals surface area (Å²) >= 11 is 0. The molecule has 3 rings (SSSR count). The van der Waals surface area contributed by atoms with Crippen molar-refractivity contribution in [2.24, 2.45) is 0 Å². The predicted molar refractivity (Wildman–Crippen MR) is 132 cm³/mol. The Morgan fingerprint density at radius 2 is 1.78 bits per heavy atom. The van der Waals surface area contributed by atoms with Crippen LogP contribution in [0, 0.1) is 13.8 Å². The summed E-state index contributed by atoms with van der Waals surface area (Å²) in [5.41, 5.74) is 2.24. The molecular weight excluding hydrogens is 511 g/mol. The molecule has 2 aromatic carbocycles. The molecule has 0 saturated heterocycles. The van der Waals surface area contributed by atoms with E-state index < -0.39 is 33.5 Å². The third-order valence-corrected chi connectivity index (χ3v) is 6.34. The molecule has 3 aromatic rings. The first kappa shape index (κ1) is 28.2. The molecule has 1 atom stereocenters. The third-order valence-electron chi connectivity index (χ3n) is 5.62. The van der Waals surface area contributed by atoms with Crippen LogP contribution in [0.4, 0.5) is 13.2 Å². The van der Waals surface area contributed by atoms with Crippen LogP contribution >= 0.6 is 0 Å². The molecule has 0 fully saturated rings. The number of ether oxygens (including phenoxy) is 1. The maximum Gasteiger partial charge on any atom is 0.419 e. The molecule has 1 amide bonds. The average Bonchev–Trinajstić information content (AvgIpc) is 3.28. The smallest absolute Gasteiger partial charge is 0.419 e. The molecule has 0 unspecified atom stereocenters. The second-order valence-corrected chi connectivity index (χ2v) is 10.2. The zero-order valence-corrected chi connectivity index (χ0v) is 21.4. The molecule has 1 heterocycles. The first-order chi connectivity index (χ1) is 17.3. The van der Waals surface area contributed by atoms with E-state index in [-0.39, 0.29) is 12.6 Å². The number of amides is 1. The van der Waals surface area contributed by atoms with Crippen molar-refractivity contribution in [2.75, 3.05) is 12.3 Å². The molecular formula is C25H28F3N3O5S. The monoisotopic (exact) mass is 539 g/mol. The van der Waals surface area contributed by atoms with Gasteiger partial charge < -0.3 is 10.1 Å². The fraction of sp³-hybridized carbons (Fsp3) is 0.360. The standard InChI is InChI=1S/C25H28F3N3O5S/c1-4-5-22(18-6-8-19(9-7-18)24(32)29-10-11-37(33,34)35)36-21-12-16(2)23(17(3)13-21)31-15-20(14-30-31)25(26,27)28/h6-9,12-15,22H,4-5,10-11H2,1-3H3,(H,29,32)(H,33,34,35)/t22-/m0/s1. The van der Waals surface area contributed by atoms with Gasteiger partial charge in [0.15, 0.2) is 0 Å². The van der Waals surface area contributed by atoms with Crippen molar-refractivity contribution in [3.63, 3.8) is 0 Å². The largest absolute Gasteiger partial charge is 0.486 e. The molecule has 0 aliphatic rings. The fourth-order valence-corrected chi connectivity index (χ4v) is 4.26. The Balaban J connectivity index is 1.76. The minimum absolute atomic E-state index is 0.217. The zero-order chi connectivity index (χ0) is 27.4. The van der Waals surface area contributed by atoms with E-state index in [1.54, 1.807) is 50.2 Å². The molecule has 0 bridgehead atoms. The van der Waals surface area contributed by atoms with Crippen LogP contribution in [0.5, 0.6) is 5.75 Å². The van der Waals surface area contributed by atoms with Crippen LogP contribution in [-0.4, -0.2) is 41.0 Å². The Labute approximate surface area is 213 Å². The van der Waals surface area contributed by atoms with Gasteiger partial charge in [0.1, 0.15) is 11.9 Å². The molecule has 0 spiro atoms. The van der Waals surface area contributed by atoms with Crippen LogP contribution in [0.25, 0.3) is 5.69 Å². The van der Waals surface area contributed by atoms with E-state index in [9.17, 15) is 26.4 Å². The summed E-state index contributed by atoms with van der Waals surface area (Å²) in [4.78, 5) is 12.2. The van der Waals surface area contributed by atoms with Crippen molar-refractivity contribution in [3.05, 3.63) is 76.6 Å². The van der Waals surface area contributed by atoms with Crippen molar-refractivity contribution in [1.29, 1.82) is 0 Å². The van der Waals surface area contributed by atoms with Crippen molar-refractivity contribution in [1.82, 2.24) is 15.1 Å². The summed E-state index contributed by atoms with van der Waals surface area (Å²) in [6.45, 7) is 5.33. The summed E-state index contributed by atoms with van der Waals surface area (Å²) in [5, 5.41) is 6.31. The van der Waals surface area contributed by atoms with E-state index in [1.807, 2.05) is 6.92 Å². The Morgan fingerprint density at radius 3 is 2.30 bits per heavy atom. The van der Waals surface area contributed by atoms with Crippen LogP contribution in [0.3, 0.4) is 0 Å². The fourth-order valence-electron chi connectivity index (χ4n) is 3.90. The van der Waals surface area contributed by atoms with Crippen molar-refractivity contribution >= 4 is 16.0 Å². The van der Waals surface area contributed by atoms with E-state index in [1.165, 1.54) is 4.68 Å². The van der Waals surface area contributed by atoms with Crippen LogP contribution in [0.1, 0.15) is 58.5 Å². The summed E-state index contributed by atoms with van der Waals surface area (Å²) in [7, 11) is -4.17. The Morgan fingerprint density at radius 1 is 1.16 bits per heavy atom. The minimum Gasteiger partial charge on any atom is -0.486 e. The number of nitrogens with one attached hydrogen (secondary N) is 1. The molecule has 0 radical (unpaired) electrons. The van der Waals surface area contributed by atoms with Gasteiger partial charge in [-0.2, -0.15) is 26.7 Å². The predicted octanol–water partition coefficient (Wildman–Crippen LogP) is 5.05. The lowest BCUT2D eigenvalue weighted by Crippen LogP contribution is -2.28. The lowest BCUT2D eigenvalue weighted by Gasteiger charge is -2.21. The number of hydrogen-bond donors (Lipinski definition) is 2. The maximum absolute atomic E-state index is 13.0. The number of aryl methyl sites for hydroxylation is 2. The normalized spacial score (nSPS) is 12.8. The summed E-state index contributed by atoms with van der Waals surface area (Å²) in [6.07, 6.45) is -1.59.